The molecular weight excluding hydrogens is 236 g/mol. The Hall–Kier alpha value is -1.06. The van der Waals surface area contributed by atoms with Gasteiger partial charge < -0.3 is 15.4 Å². The van der Waals surface area contributed by atoms with Crippen LogP contribution in [0.3, 0.4) is 0 Å². The second-order valence-electron chi connectivity index (χ2n) is 5.75. The summed E-state index contributed by atoms with van der Waals surface area (Å²) in [5, 5.41) is 0. The van der Waals surface area contributed by atoms with Crippen molar-refractivity contribution in [2.75, 3.05) is 37.7 Å². The maximum absolute atomic E-state index is 5.72. The molecule has 0 aromatic heterocycles. The Morgan fingerprint density at radius 2 is 2.16 bits per heavy atom. The summed E-state index contributed by atoms with van der Waals surface area (Å²) < 4.78 is 5.70. The van der Waals surface area contributed by atoms with Crippen molar-refractivity contribution in [3.8, 4) is 0 Å². The van der Waals surface area contributed by atoms with E-state index in [2.05, 4.69) is 43.0 Å². The van der Waals surface area contributed by atoms with Crippen molar-refractivity contribution in [2.45, 2.75) is 26.2 Å². The van der Waals surface area contributed by atoms with Gasteiger partial charge in [0.2, 0.25) is 0 Å². The van der Waals surface area contributed by atoms with Crippen molar-refractivity contribution in [3.63, 3.8) is 0 Å². The van der Waals surface area contributed by atoms with Crippen LogP contribution in [0.15, 0.2) is 24.3 Å². The number of para-hydroxylation sites is 1. The fourth-order valence-electron chi connectivity index (χ4n) is 2.74. The first kappa shape index (κ1) is 14.4. The fourth-order valence-corrected chi connectivity index (χ4v) is 2.74. The quantitative estimate of drug-likeness (QED) is 0.768. The topological polar surface area (TPSA) is 38.5 Å². The molecule has 3 heteroatoms. The molecule has 0 amide bonds. The third kappa shape index (κ3) is 3.71. The molecule has 0 saturated heterocycles. The number of hydrogen-bond acceptors (Lipinski definition) is 3. The molecule has 106 valence electrons. The van der Waals surface area contributed by atoms with Crippen molar-refractivity contribution in [1.29, 1.82) is 0 Å². The van der Waals surface area contributed by atoms with Crippen LogP contribution in [0.1, 0.15) is 31.7 Å². The second-order valence-corrected chi connectivity index (χ2v) is 5.75. The van der Waals surface area contributed by atoms with Gasteiger partial charge in [0.25, 0.3) is 0 Å². The summed E-state index contributed by atoms with van der Waals surface area (Å²) in [4.78, 5) is 2.44. The predicted octanol–water partition coefficient (Wildman–Crippen LogP) is 2.61. The molecule has 1 aliphatic heterocycles. The Balaban J connectivity index is 1.92. The molecule has 3 nitrogen and oxygen atoms in total. The summed E-state index contributed by atoms with van der Waals surface area (Å²) in [7, 11) is 0. The molecule has 1 aliphatic rings. The summed E-state index contributed by atoms with van der Waals surface area (Å²) in [6.07, 6.45) is 1.07. The van der Waals surface area contributed by atoms with Crippen molar-refractivity contribution in [2.24, 2.45) is 11.7 Å². The highest BCUT2D eigenvalue weighted by Crippen LogP contribution is 2.37. The highest BCUT2D eigenvalue weighted by molar-refractivity contribution is 5.60. The van der Waals surface area contributed by atoms with Gasteiger partial charge in [-0.3, -0.25) is 0 Å². The van der Waals surface area contributed by atoms with E-state index in [1.54, 1.807) is 0 Å². The molecule has 0 spiro atoms. The van der Waals surface area contributed by atoms with E-state index in [0.717, 1.165) is 39.3 Å². The lowest BCUT2D eigenvalue weighted by Crippen LogP contribution is -2.27. The van der Waals surface area contributed by atoms with Crippen molar-refractivity contribution >= 4 is 5.69 Å². The average molecular weight is 262 g/mol. The fraction of sp³-hybridized carbons (Fsp3) is 0.625. The molecule has 1 heterocycles. The van der Waals surface area contributed by atoms with Gasteiger partial charge in [-0.25, -0.2) is 0 Å². The van der Waals surface area contributed by atoms with Crippen LogP contribution in [0.25, 0.3) is 0 Å². The highest BCUT2D eigenvalue weighted by atomic mass is 16.5. The lowest BCUT2D eigenvalue weighted by atomic mass is 9.98. The smallest absolute Gasteiger partial charge is 0.0641 e. The number of fused-ring (bicyclic) bond motifs is 1. The molecule has 0 bridgehead atoms. The van der Waals surface area contributed by atoms with E-state index >= 15 is 0 Å². The van der Waals surface area contributed by atoms with Gasteiger partial charge in [-0.2, -0.15) is 0 Å². The molecule has 1 aromatic rings. The Morgan fingerprint density at radius 3 is 2.89 bits per heavy atom. The second kappa shape index (κ2) is 6.92. The number of ether oxygens (including phenoxy) is 1. The Morgan fingerprint density at radius 1 is 1.37 bits per heavy atom. The third-order valence-electron chi connectivity index (χ3n) is 3.63. The van der Waals surface area contributed by atoms with E-state index < -0.39 is 0 Å². The van der Waals surface area contributed by atoms with Crippen LogP contribution in [-0.4, -0.2) is 32.8 Å². The summed E-state index contributed by atoms with van der Waals surface area (Å²) in [5.74, 6) is 1.20. The summed E-state index contributed by atoms with van der Waals surface area (Å²) in [5.41, 5.74) is 8.55. The summed E-state index contributed by atoms with van der Waals surface area (Å²) in [6.45, 7) is 8.84. The highest BCUT2D eigenvalue weighted by Gasteiger charge is 2.27. The number of hydrogen-bond donors (Lipinski definition) is 1. The summed E-state index contributed by atoms with van der Waals surface area (Å²) >= 11 is 0. The maximum Gasteiger partial charge on any atom is 0.0641 e. The molecule has 2 rings (SSSR count). The van der Waals surface area contributed by atoms with Gasteiger partial charge in [-0.1, -0.05) is 32.0 Å². The number of nitrogens with two attached hydrogens (primary N) is 1. The number of benzene rings is 1. The molecule has 0 aliphatic carbocycles. The van der Waals surface area contributed by atoms with Gasteiger partial charge in [-0.05, 0) is 30.5 Å². The largest absolute Gasteiger partial charge is 0.379 e. The molecule has 0 radical (unpaired) electrons. The van der Waals surface area contributed by atoms with E-state index in [0.29, 0.717) is 11.8 Å². The lowest BCUT2D eigenvalue weighted by Gasteiger charge is -2.20. The van der Waals surface area contributed by atoms with Gasteiger partial charge in [0, 0.05) is 31.3 Å². The van der Waals surface area contributed by atoms with E-state index in [-0.39, 0.29) is 0 Å². The maximum atomic E-state index is 5.72. The van der Waals surface area contributed by atoms with Gasteiger partial charge in [0.1, 0.15) is 0 Å². The Bertz CT molecular complexity index is 392. The zero-order valence-electron chi connectivity index (χ0n) is 12.1. The van der Waals surface area contributed by atoms with Crippen molar-refractivity contribution in [1.82, 2.24) is 0 Å². The van der Waals surface area contributed by atoms with Crippen molar-refractivity contribution in [3.05, 3.63) is 29.8 Å². The Kier molecular flexibility index (Phi) is 5.23. The zero-order chi connectivity index (χ0) is 13.7. The van der Waals surface area contributed by atoms with Crippen LogP contribution >= 0.6 is 0 Å². The molecule has 0 fully saturated rings. The first-order valence-corrected chi connectivity index (χ1v) is 7.34. The third-order valence-corrected chi connectivity index (χ3v) is 3.63. The van der Waals surface area contributed by atoms with Gasteiger partial charge in [0.05, 0.1) is 6.61 Å². The van der Waals surface area contributed by atoms with Crippen LogP contribution in [0.2, 0.25) is 0 Å². The number of nitrogens with zero attached hydrogens (tertiary/aromatic N) is 1. The minimum Gasteiger partial charge on any atom is -0.379 e. The van der Waals surface area contributed by atoms with E-state index in [9.17, 15) is 0 Å². The molecular formula is C16H26N2O. The molecule has 1 unspecified atom stereocenters. The van der Waals surface area contributed by atoms with Gasteiger partial charge in [0.15, 0.2) is 0 Å². The first-order chi connectivity index (χ1) is 9.22. The molecule has 19 heavy (non-hydrogen) atoms. The first-order valence-electron chi connectivity index (χ1n) is 7.34. The molecule has 1 aromatic carbocycles. The predicted molar refractivity (Wildman–Crippen MR) is 80.7 cm³/mol. The van der Waals surface area contributed by atoms with Crippen LogP contribution in [0.5, 0.6) is 0 Å². The zero-order valence-corrected chi connectivity index (χ0v) is 12.1. The minimum absolute atomic E-state index is 0.589. The molecule has 0 saturated carbocycles. The van der Waals surface area contributed by atoms with Gasteiger partial charge in [-0.15, -0.1) is 0 Å². The van der Waals surface area contributed by atoms with E-state index in [4.69, 9.17) is 10.5 Å². The monoisotopic (exact) mass is 262 g/mol. The number of rotatable bonds is 7. The van der Waals surface area contributed by atoms with Crippen LogP contribution in [0, 0.1) is 5.92 Å². The minimum atomic E-state index is 0.589. The number of anilines is 1. The average Bonchev–Trinajstić information content (AvgIpc) is 2.74. The Labute approximate surface area is 116 Å². The normalized spacial score (nSPS) is 18.1. The van der Waals surface area contributed by atoms with E-state index in [1.807, 2.05) is 0 Å². The van der Waals surface area contributed by atoms with Crippen LogP contribution < -0.4 is 10.6 Å². The lowest BCUT2D eigenvalue weighted by molar-refractivity contribution is 0.115. The van der Waals surface area contributed by atoms with Crippen molar-refractivity contribution < 1.29 is 4.74 Å². The van der Waals surface area contributed by atoms with Crippen LogP contribution in [0.4, 0.5) is 5.69 Å². The molecule has 2 N–H and O–H groups in total. The van der Waals surface area contributed by atoms with E-state index in [1.165, 1.54) is 11.3 Å². The standard InChI is InChI=1S/C16H26N2O/c1-13(2)12-19-10-9-18-11-14(7-8-17)15-5-3-4-6-16(15)18/h3-6,13-14H,7-12,17H2,1-2H3. The molecule has 1 atom stereocenters. The SMILES string of the molecule is CC(C)COCCN1CC(CCN)c2ccccc21. The summed E-state index contributed by atoms with van der Waals surface area (Å²) in [6, 6.07) is 8.70. The van der Waals surface area contributed by atoms with Crippen LogP contribution in [-0.2, 0) is 4.74 Å². The van der Waals surface area contributed by atoms with Gasteiger partial charge >= 0.3 is 0 Å².